The molecule has 4 bridgehead atoms. The monoisotopic (exact) mass is 628 g/mol. The minimum absolute atomic E-state index is 0.0562. The summed E-state index contributed by atoms with van der Waals surface area (Å²) in [5, 5.41) is 5.06. The Morgan fingerprint density at radius 1 is 1.04 bits per heavy atom. The lowest BCUT2D eigenvalue weighted by Gasteiger charge is -2.48. The quantitative estimate of drug-likeness (QED) is 0.208. The van der Waals surface area contributed by atoms with E-state index in [1.165, 1.54) is 46.0 Å². The van der Waals surface area contributed by atoms with Gasteiger partial charge in [-0.2, -0.15) is 0 Å². The third-order valence-electron chi connectivity index (χ3n) is 13.2. The van der Waals surface area contributed by atoms with Crippen LogP contribution >= 0.6 is 0 Å². The Bertz CT molecular complexity index is 1930. The number of nitrogens with one attached hydrogen (secondary N) is 2. The number of aromatic amines is 1. The van der Waals surface area contributed by atoms with Crippen LogP contribution in [0.15, 0.2) is 77.0 Å². The zero-order valence-electron chi connectivity index (χ0n) is 27.8. The molecule has 1 aromatic heterocycles. The van der Waals surface area contributed by atoms with Crippen molar-refractivity contribution in [1.29, 1.82) is 0 Å². The number of carbonyl (C=O) groups excluding carboxylic acids is 2. The predicted molar refractivity (Wildman–Crippen MR) is 184 cm³/mol. The number of fused-ring (bicyclic) bond motifs is 7. The lowest BCUT2D eigenvalue weighted by atomic mass is 9.61. The average molecular weight is 629 g/mol. The van der Waals surface area contributed by atoms with Crippen LogP contribution in [0.3, 0.4) is 0 Å². The summed E-state index contributed by atoms with van der Waals surface area (Å²) in [6.07, 6.45) is 9.24. The van der Waals surface area contributed by atoms with Crippen LogP contribution in [-0.4, -0.2) is 72.9 Å². The van der Waals surface area contributed by atoms with Gasteiger partial charge < -0.3 is 15.0 Å². The number of hydrogen-bond acceptors (Lipinski definition) is 6. The van der Waals surface area contributed by atoms with E-state index in [1.54, 1.807) is 0 Å². The first kappa shape index (κ1) is 29.2. The number of hydrogen-bond donors (Lipinski definition) is 2. The van der Waals surface area contributed by atoms with Gasteiger partial charge in [0.25, 0.3) is 0 Å². The summed E-state index contributed by atoms with van der Waals surface area (Å²) < 4.78 is 5.54. The molecule has 47 heavy (non-hydrogen) atoms. The van der Waals surface area contributed by atoms with Crippen molar-refractivity contribution in [1.82, 2.24) is 14.8 Å². The smallest absolute Gasteiger partial charge is 0.310 e. The number of ether oxygens (including phenoxy) is 1. The maximum atomic E-state index is 13.7. The van der Waals surface area contributed by atoms with E-state index >= 15 is 0 Å². The molecule has 9 rings (SSSR count). The van der Waals surface area contributed by atoms with Crippen molar-refractivity contribution in [2.75, 3.05) is 39.1 Å². The van der Waals surface area contributed by atoms with Gasteiger partial charge in [-0.1, -0.05) is 53.6 Å². The summed E-state index contributed by atoms with van der Waals surface area (Å²) in [5.74, 6) is 0.00335. The minimum atomic E-state index is -0.240. The molecule has 7 heteroatoms. The maximum Gasteiger partial charge on any atom is 0.310 e. The zero-order valence-corrected chi connectivity index (χ0v) is 27.8. The van der Waals surface area contributed by atoms with E-state index in [0.717, 1.165) is 74.1 Å². The summed E-state index contributed by atoms with van der Waals surface area (Å²) >= 11 is 0. The Labute approximate surface area is 276 Å². The summed E-state index contributed by atoms with van der Waals surface area (Å²) in [6.45, 7) is 7.08. The number of aromatic nitrogens is 1. The first-order valence-corrected chi connectivity index (χ1v) is 17.4. The number of carbonyl (C=O) groups is 2. The topological polar surface area (TPSA) is 77.7 Å². The van der Waals surface area contributed by atoms with Crippen molar-refractivity contribution in [2.24, 2.45) is 17.8 Å². The number of benzene rings is 2. The summed E-state index contributed by atoms with van der Waals surface area (Å²) in [4.78, 5) is 35.4. The van der Waals surface area contributed by atoms with Gasteiger partial charge in [-0.15, -0.1) is 0 Å². The normalized spacial score (nSPS) is 34.5. The lowest BCUT2D eigenvalue weighted by molar-refractivity contribution is -0.151. The van der Waals surface area contributed by atoms with Crippen LogP contribution in [-0.2, 0) is 26.2 Å². The summed E-state index contributed by atoms with van der Waals surface area (Å²) in [5.41, 5.74) is 12.1. The number of aldehydes is 1. The molecular formula is C40H44N4O3. The highest BCUT2D eigenvalue weighted by molar-refractivity contribution is 5.87. The van der Waals surface area contributed by atoms with Gasteiger partial charge in [-0.25, -0.2) is 0 Å². The van der Waals surface area contributed by atoms with Crippen LogP contribution in [0.25, 0.3) is 10.9 Å². The second kappa shape index (κ2) is 10.5. The number of likely N-dealkylation sites (N-methyl/N-ethyl adjacent to an activating group) is 1. The standard InChI is InChI=1S/C40H44N4O3/c1-5-22-19-43(3)34-17-29-25-9-7-8-10-32(25)41-37(29)28(16-27(22)36(34)39(46)47-4)24-11-12-33-31(15-24)40-13-14-44-20-23(6-2)26(18-35(40)44)30(21-45)38(40)42-33/h5-12,15,21,26-28,34-36,41-42H,13-14,16-20H2,1-4H3. The Hall–Kier alpha value is -3.94. The Kier molecular flexibility index (Phi) is 6.55. The largest absolute Gasteiger partial charge is 0.469 e. The molecule has 7 nitrogen and oxygen atoms in total. The fraction of sp³-hybridized carbons (Fsp3) is 0.450. The van der Waals surface area contributed by atoms with Gasteiger partial charge >= 0.3 is 5.97 Å². The molecule has 3 fully saturated rings. The Morgan fingerprint density at radius 2 is 1.87 bits per heavy atom. The number of piperidine rings is 2. The molecule has 2 aliphatic carbocycles. The molecule has 242 valence electrons. The highest BCUT2D eigenvalue weighted by Crippen LogP contribution is 2.61. The van der Waals surface area contributed by atoms with Crippen molar-refractivity contribution < 1.29 is 14.3 Å². The first-order chi connectivity index (χ1) is 22.9. The second-order valence-corrected chi connectivity index (χ2v) is 14.8. The van der Waals surface area contributed by atoms with Crippen LogP contribution < -0.4 is 5.32 Å². The van der Waals surface area contributed by atoms with Crippen LogP contribution in [0, 0.1) is 17.8 Å². The summed E-state index contributed by atoms with van der Waals surface area (Å²) in [6, 6.07) is 16.1. The molecule has 0 saturated carbocycles. The Morgan fingerprint density at radius 3 is 2.66 bits per heavy atom. The van der Waals surface area contributed by atoms with E-state index in [1.807, 2.05) is 0 Å². The number of para-hydroxylation sites is 1. The molecule has 0 amide bonds. The fourth-order valence-electron chi connectivity index (χ4n) is 11.0. The maximum absolute atomic E-state index is 13.7. The van der Waals surface area contributed by atoms with Gasteiger partial charge in [-0.05, 0) is 81.3 Å². The van der Waals surface area contributed by atoms with Crippen molar-refractivity contribution in [2.45, 2.75) is 62.9 Å². The van der Waals surface area contributed by atoms with Crippen molar-refractivity contribution in [3.8, 4) is 0 Å². The SMILES string of the molecule is CC=C1CN2CCC34C(=C(C=O)C1CC23)Nc1ccc(C2CC3C(=CC)CN(C)C(Cc5c2[nH]c2ccccc52)C3C(=O)OC)cc14. The lowest BCUT2D eigenvalue weighted by Crippen LogP contribution is -2.53. The molecule has 7 unspecified atom stereocenters. The molecule has 5 heterocycles. The number of nitrogens with zero attached hydrogens (tertiary/aromatic N) is 2. The van der Waals surface area contributed by atoms with Gasteiger partial charge in [-0.3, -0.25) is 19.4 Å². The average Bonchev–Trinajstić information content (AvgIpc) is 3.77. The van der Waals surface area contributed by atoms with Gasteiger partial charge in [0.1, 0.15) is 6.29 Å². The van der Waals surface area contributed by atoms with E-state index in [-0.39, 0.29) is 41.1 Å². The number of anilines is 1. The number of allylic oxidation sites excluding steroid dienone is 3. The van der Waals surface area contributed by atoms with Gasteiger partial charge in [0.05, 0.1) is 18.4 Å². The van der Waals surface area contributed by atoms with E-state index < -0.39 is 0 Å². The number of H-pyrrole nitrogens is 1. The fourth-order valence-corrected chi connectivity index (χ4v) is 11.0. The number of methoxy groups -OCH3 is 1. The molecule has 6 aliphatic rings. The molecule has 2 N–H and O–H groups in total. The van der Waals surface area contributed by atoms with Crippen LogP contribution in [0.2, 0.25) is 0 Å². The molecule has 7 atom stereocenters. The molecule has 2 aromatic carbocycles. The van der Waals surface area contributed by atoms with Crippen LogP contribution in [0.4, 0.5) is 5.69 Å². The Balaban J connectivity index is 1.24. The molecule has 0 radical (unpaired) electrons. The minimum Gasteiger partial charge on any atom is -0.469 e. The van der Waals surface area contributed by atoms with Gasteiger partial charge in [0.15, 0.2) is 0 Å². The third-order valence-corrected chi connectivity index (χ3v) is 13.2. The number of rotatable bonds is 3. The van der Waals surface area contributed by atoms with Crippen LogP contribution in [0.1, 0.15) is 61.4 Å². The van der Waals surface area contributed by atoms with Gasteiger partial charge in [0.2, 0.25) is 0 Å². The zero-order chi connectivity index (χ0) is 32.2. The molecule has 3 saturated heterocycles. The summed E-state index contributed by atoms with van der Waals surface area (Å²) in [7, 11) is 3.69. The highest BCUT2D eigenvalue weighted by Gasteiger charge is 2.61. The second-order valence-electron chi connectivity index (χ2n) is 14.8. The van der Waals surface area contributed by atoms with Crippen molar-refractivity contribution in [3.05, 3.63) is 99.4 Å². The van der Waals surface area contributed by atoms with Crippen molar-refractivity contribution >= 4 is 28.8 Å². The van der Waals surface area contributed by atoms with E-state index in [0.29, 0.717) is 6.04 Å². The van der Waals surface area contributed by atoms with Gasteiger partial charge in [0, 0.05) is 77.1 Å². The third kappa shape index (κ3) is 3.87. The molecule has 1 spiro atoms. The predicted octanol–water partition coefficient (Wildman–Crippen LogP) is 6.08. The molecular weight excluding hydrogens is 584 g/mol. The number of esters is 1. The van der Waals surface area contributed by atoms with Crippen molar-refractivity contribution in [3.63, 3.8) is 0 Å². The molecule has 3 aromatic rings. The van der Waals surface area contributed by atoms with E-state index in [9.17, 15) is 9.59 Å². The van der Waals surface area contributed by atoms with E-state index in [2.05, 4.69) is 95.6 Å². The first-order valence-electron chi connectivity index (χ1n) is 17.4. The number of likely N-dealkylation sites (tertiary alicyclic amines) is 1. The van der Waals surface area contributed by atoms with Crippen LogP contribution in [0.5, 0.6) is 0 Å². The van der Waals surface area contributed by atoms with E-state index in [4.69, 9.17) is 4.74 Å². The highest BCUT2D eigenvalue weighted by atomic mass is 16.5. The molecule has 4 aliphatic heterocycles.